The lowest BCUT2D eigenvalue weighted by atomic mass is 10.2. The molecule has 9 heteroatoms. The summed E-state index contributed by atoms with van der Waals surface area (Å²) >= 11 is 6.23. The van der Waals surface area contributed by atoms with Gasteiger partial charge < -0.3 is 14.8 Å². The van der Waals surface area contributed by atoms with Crippen molar-refractivity contribution in [1.29, 1.82) is 0 Å². The van der Waals surface area contributed by atoms with Crippen molar-refractivity contribution in [3.63, 3.8) is 0 Å². The van der Waals surface area contributed by atoms with Crippen LogP contribution >= 0.6 is 23.6 Å². The average molecular weight is 379 g/mol. The number of thiocarbonyl (C=S) groups is 1. The van der Waals surface area contributed by atoms with Gasteiger partial charge in [0.25, 0.3) is 5.91 Å². The monoisotopic (exact) mass is 379 g/mol. The third-order valence-corrected chi connectivity index (χ3v) is 4.31. The van der Waals surface area contributed by atoms with Crippen LogP contribution in [0.3, 0.4) is 0 Å². The lowest BCUT2D eigenvalue weighted by Crippen LogP contribution is -2.34. The van der Waals surface area contributed by atoms with Gasteiger partial charge in [0.2, 0.25) is 0 Å². The molecule has 0 fully saturated rings. The zero-order chi connectivity index (χ0) is 18.4. The number of hydrogen-bond acceptors (Lipinski definition) is 7. The highest BCUT2D eigenvalue weighted by molar-refractivity contribution is 7.80. The number of amides is 1. The highest BCUT2D eigenvalue weighted by atomic mass is 32.1. The minimum Gasteiger partial charge on any atom is -0.496 e. The molecule has 1 amide bonds. The van der Waals surface area contributed by atoms with Gasteiger partial charge in [-0.25, -0.2) is 9.78 Å². The third kappa shape index (κ3) is 4.74. The number of para-hydroxylation sites is 1. The van der Waals surface area contributed by atoms with Gasteiger partial charge in [-0.3, -0.25) is 10.1 Å². The molecule has 0 bridgehead atoms. The third-order valence-electron chi connectivity index (χ3n) is 3.06. The summed E-state index contributed by atoms with van der Waals surface area (Å²) in [5.41, 5.74) is 0.890. The van der Waals surface area contributed by atoms with Crippen molar-refractivity contribution in [2.45, 2.75) is 13.8 Å². The molecule has 2 rings (SSSR count). The quantitative estimate of drug-likeness (QED) is 0.610. The van der Waals surface area contributed by atoms with Gasteiger partial charge in [-0.2, -0.15) is 0 Å². The zero-order valence-corrected chi connectivity index (χ0v) is 15.5. The number of carbonyl (C=O) groups is 2. The van der Waals surface area contributed by atoms with Gasteiger partial charge in [-0.15, -0.1) is 0 Å². The van der Waals surface area contributed by atoms with E-state index in [1.165, 1.54) is 7.11 Å². The molecule has 1 aromatic heterocycles. The van der Waals surface area contributed by atoms with E-state index in [-0.39, 0.29) is 11.7 Å². The maximum Gasteiger partial charge on any atom is 0.350 e. The van der Waals surface area contributed by atoms with Crippen LogP contribution in [-0.4, -0.2) is 35.7 Å². The van der Waals surface area contributed by atoms with E-state index < -0.39 is 11.9 Å². The van der Waals surface area contributed by atoms with Crippen LogP contribution in [0.15, 0.2) is 24.3 Å². The maximum atomic E-state index is 12.3. The molecule has 0 aliphatic rings. The summed E-state index contributed by atoms with van der Waals surface area (Å²) in [5, 5.41) is 5.81. The summed E-state index contributed by atoms with van der Waals surface area (Å²) in [7, 11) is 1.48. The molecule has 0 saturated heterocycles. The summed E-state index contributed by atoms with van der Waals surface area (Å²) in [6, 6.07) is 6.80. The number of ether oxygens (including phenoxy) is 2. The van der Waals surface area contributed by atoms with Gasteiger partial charge in [-0.05, 0) is 38.2 Å². The Balaban J connectivity index is 2.04. The van der Waals surface area contributed by atoms with Crippen LogP contribution in [0.2, 0.25) is 0 Å². The Hall–Kier alpha value is -2.52. The Labute approximate surface area is 154 Å². The number of hydrogen-bond donors (Lipinski definition) is 2. The minimum atomic E-state index is -0.436. The molecule has 0 saturated carbocycles. The van der Waals surface area contributed by atoms with Gasteiger partial charge in [0.1, 0.15) is 10.6 Å². The van der Waals surface area contributed by atoms with E-state index in [9.17, 15) is 9.59 Å². The first-order valence-corrected chi connectivity index (χ1v) is 8.58. The van der Waals surface area contributed by atoms with Crippen LogP contribution in [0.5, 0.6) is 5.75 Å². The van der Waals surface area contributed by atoms with Crippen molar-refractivity contribution >= 4 is 45.7 Å². The van der Waals surface area contributed by atoms with Gasteiger partial charge in [0.05, 0.1) is 25.0 Å². The summed E-state index contributed by atoms with van der Waals surface area (Å²) in [6.45, 7) is 3.71. The van der Waals surface area contributed by atoms with E-state index in [4.69, 9.17) is 21.7 Å². The molecule has 0 aliphatic carbocycles. The number of methoxy groups -OCH3 is 1. The Morgan fingerprint density at radius 3 is 2.72 bits per heavy atom. The number of anilines is 1. The first-order chi connectivity index (χ1) is 12.0. The molecule has 0 atom stereocenters. The Kier molecular flexibility index (Phi) is 6.43. The van der Waals surface area contributed by atoms with E-state index >= 15 is 0 Å². The van der Waals surface area contributed by atoms with E-state index in [0.29, 0.717) is 27.0 Å². The van der Waals surface area contributed by atoms with Gasteiger partial charge in [0, 0.05) is 0 Å². The normalized spacial score (nSPS) is 10.0. The maximum absolute atomic E-state index is 12.3. The molecule has 1 heterocycles. The van der Waals surface area contributed by atoms with Crippen molar-refractivity contribution in [2.75, 3.05) is 19.0 Å². The number of nitrogens with zero attached hydrogens (tertiary/aromatic N) is 1. The Morgan fingerprint density at radius 1 is 1.32 bits per heavy atom. The van der Waals surface area contributed by atoms with Crippen LogP contribution in [0.1, 0.15) is 32.6 Å². The van der Waals surface area contributed by atoms with Crippen LogP contribution in [0.4, 0.5) is 5.13 Å². The number of benzene rings is 1. The smallest absolute Gasteiger partial charge is 0.350 e. The van der Waals surface area contributed by atoms with Crippen molar-refractivity contribution in [3.8, 4) is 5.75 Å². The van der Waals surface area contributed by atoms with E-state index in [0.717, 1.165) is 11.3 Å². The molecule has 1 aromatic carbocycles. The lowest BCUT2D eigenvalue weighted by molar-refractivity contribution is 0.0531. The number of carbonyl (C=O) groups excluding carboxylic acids is 2. The molecular formula is C16H17N3O4S2. The van der Waals surface area contributed by atoms with Crippen molar-refractivity contribution in [2.24, 2.45) is 0 Å². The highest BCUT2D eigenvalue weighted by Gasteiger charge is 2.18. The number of esters is 1. The van der Waals surface area contributed by atoms with Crippen molar-refractivity contribution in [3.05, 3.63) is 40.4 Å². The second-order valence-electron chi connectivity index (χ2n) is 4.76. The van der Waals surface area contributed by atoms with E-state index in [2.05, 4.69) is 15.6 Å². The molecule has 2 aromatic rings. The molecular weight excluding hydrogens is 362 g/mol. The Bertz CT molecular complexity index is 804. The largest absolute Gasteiger partial charge is 0.496 e. The topological polar surface area (TPSA) is 89.6 Å². The van der Waals surface area contributed by atoms with E-state index in [1.54, 1.807) is 38.1 Å². The number of aryl methyl sites for hydroxylation is 1. The van der Waals surface area contributed by atoms with Crippen LogP contribution < -0.4 is 15.4 Å². The van der Waals surface area contributed by atoms with Crippen LogP contribution in [0.25, 0.3) is 0 Å². The zero-order valence-electron chi connectivity index (χ0n) is 13.9. The Morgan fingerprint density at radius 2 is 2.04 bits per heavy atom. The highest BCUT2D eigenvalue weighted by Crippen LogP contribution is 2.23. The molecule has 0 unspecified atom stereocenters. The molecule has 0 spiro atoms. The first kappa shape index (κ1) is 18.8. The predicted octanol–water partition coefficient (Wildman–Crippen LogP) is 2.76. The van der Waals surface area contributed by atoms with Gasteiger partial charge >= 0.3 is 5.97 Å². The summed E-state index contributed by atoms with van der Waals surface area (Å²) in [4.78, 5) is 28.7. The first-order valence-electron chi connectivity index (χ1n) is 7.36. The van der Waals surface area contributed by atoms with Crippen LogP contribution in [-0.2, 0) is 4.74 Å². The second-order valence-corrected chi connectivity index (χ2v) is 6.17. The SMILES string of the molecule is CCOC(=O)c1sc(NC(=S)NC(=O)c2ccccc2OC)nc1C. The van der Waals surface area contributed by atoms with E-state index in [1.807, 2.05) is 0 Å². The summed E-state index contributed by atoms with van der Waals surface area (Å²) < 4.78 is 10.1. The van der Waals surface area contributed by atoms with Crippen molar-refractivity contribution in [1.82, 2.24) is 10.3 Å². The molecule has 2 N–H and O–H groups in total. The second kappa shape index (κ2) is 8.54. The fourth-order valence-corrected chi connectivity index (χ4v) is 3.09. The summed E-state index contributed by atoms with van der Waals surface area (Å²) in [5.74, 6) is -0.402. The minimum absolute atomic E-state index is 0.0695. The number of thiazole rings is 1. The average Bonchev–Trinajstić information content (AvgIpc) is 2.95. The van der Waals surface area contributed by atoms with Crippen LogP contribution in [0, 0.1) is 6.92 Å². The van der Waals surface area contributed by atoms with Gasteiger partial charge in [-0.1, -0.05) is 23.5 Å². The van der Waals surface area contributed by atoms with Gasteiger partial charge in [0.15, 0.2) is 10.2 Å². The fraction of sp³-hybridized carbons (Fsp3) is 0.250. The molecule has 132 valence electrons. The lowest BCUT2D eigenvalue weighted by Gasteiger charge is -2.10. The number of nitrogens with one attached hydrogen (secondary N) is 2. The van der Waals surface area contributed by atoms with Crippen molar-refractivity contribution < 1.29 is 19.1 Å². The molecule has 25 heavy (non-hydrogen) atoms. The molecule has 0 aliphatic heterocycles. The molecule has 0 radical (unpaired) electrons. The molecule has 7 nitrogen and oxygen atoms in total. The number of aromatic nitrogens is 1. The predicted molar refractivity (Wildman–Crippen MR) is 99.5 cm³/mol. The fourth-order valence-electron chi connectivity index (χ4n) is 1.97. The number of rotatable bonds is 5. The summed E-state index contributed by atoms with van der Waals surface area (Å²) in [6.07, 6.45) is 0. The standard InChI is InChI=1S/C16H17N3O4S2/c1-4-23-14(21)12-9(2)17-16(25-12)19-15(24)18-13(20)10-7-5-6-8-11(10)22-3/h5-8H,4H2,1-3H3,(H2,17,18,19,20,24).